The van der Waals surface area contributed by atoms with Crippen molar-refractivity contribution in [3.8, 4) is 0 Å². The third-order valence-corrected chi connectivity index (χ3v) is 3.70. The van der Waals surface area contributed by atoms with E-state index in [1.807, 2.05) is 13.8 Å². The standard InChI is InChI=1S/C13H28N2O2/c1-3-13(16,4-2)12-14-6-5-7-15-8-10-17-11-9-15/h14,16H,3-12H2,1-2H3. The maximum absolute atomic E-state index is 10.1. The lowest BCUT2D eigenvalue weighted by Crippen LogP contribution is -2.41. The van der Waals surface area contributed by atoms with Crippen molar-refractivity contribution in [1.82, 2.24) is 10.2 Å². The zero-order valence-electron chi connectivity index (χ0n) is 11.4. The van der Waals surface area contributed by atoms with Crippen molar-refractivity contribution in [2.45, 2.75) is 38.7 Å². The van der Waals surface area contributed by atoms with Crippen molar-refractivity contribution in [2.75, 3.05) is 45.9 Å². The fourth-order valence-corrected chi connectivity index (χ4v) is 2.07. The molecule has 1 aliphatic heterocycles. The minimum Gasteiger partial charge on any atom is -0.389 e. The molecular weight excluding hydrogens is 216 g/mol. The molecule has 0 atom stereocenters. The van der Waals surface area contributed by atoms with E-state index in [0.717, 1.165) is 58.7 Å². The molecule has 102 valence electrons. The number of aliphatic hydroxyl groups is 1. The summed E-state index contributed by atoms with van der Waals surface area (Å²) in [5.74, 6) is 0. The largest absolute Gasteiger partial charge is 0.389 e. The van der Waals surface area contributed by atoms with Gasteiger partial charge in [-0.1, -0.05) is 13.8 Å². The van der Waals surface area contributed by atoms with Gasteiger partial charge < -0.3 is 15.2 Å². The molecule has 0 saturated carbocycles. The van der Waals surface area contributed by atoms with Crippen LogP contribution in [-0.2, 0) is 4.74 Å². The summed E-state index contributed by atoms with van der Waals surface area (Å²) in [7, 11) is 0. The van der Waals surface area contributed by atoms with Crippen LogP contribution in [0, 0.1) is 0 Å². The number of nitrogens with zero attached hydrogens (tertiary/aromatic N) is 1. The Morgan fingerprint density at radius 1 is 1.24 bits per heavy atom. The minimum absolute atomic E-state index is 0.515. The number of hydrogen-bond donors (Lipinski definition) is 2. The summed E-state index contributed by atoms with van der Waals surface area (Å²) in [6.45, 7) is 10.8. The van der Waals surface area contributed by atoms with E-state index < -0.39 is 5.60 Å². The molecule has 1 fully saturated rings. The Bertz CT molecular complexity index is 190. The van der Waals surface area contributed by atoms with Crippen LogP contribution in [0.25, 0.3) is 0 Å². The van der Waals surface area contributed by atoms with Crippen molar-refractivity contribution in [1.29, 1.82) is 0 Å². The van der Waals surface area contributed by atoms with Gasteiger partial charge in [-0.15, -0.1) is 0 Å². The lowest BCUT2D eigenvalue weighted by atomic mass is 9.98. The van der Waals surface area contributed by atoms with Gasteiger partial charge in [-0.05, 0) is 32.4 Å². The molecule has 0 radical (unpaired) electrons. The molecule has 1 rings (SSSR count). The molecule has 1 heterocycles. The predicted octanol–water partition coefficient (Wildman–Crippen LogP) is 0.849. The first kappa shape index (κ1) is 14.9. The van der Waals surface area contributed by atoms with Crippen molar-refractivity contribution in [3.05, 3.63) is 0 Å². The molecule has 4 heteroatoms. The zero-order valence-corrected chi connectivity index (χ0v) is 11.4. The van der Waals surface area contributed by atoms with Crippen LogP contribution in [0.4, 0.5) is 0 Å². The number of morpholine rings is 1. The molecule has 0 bridgehead atoms. The molecular formula is C13H28N2O2. The van der Waals surface area contributed by atoms with Crippen LogP contribution < -0.4 is 5.32 Å². The van der Waals surface area contributed by atoms with E-state index in [-0.39, 0.29) is 0 Å². The molecule has 0 amide bonds. The molecule has 0 aromatic rings. The van der Waals surface area contributed by atoms with Crippen LogP contribution in [0.15, 0.2) is 0 Å². The molecule has 0 aromatic heterocycles. The molecule has 1 saturated heterocycles. The topological polar surface area (TPSA) is 44.7 Å². The second-order valence-electron chi connectivity index (χ2n) is 4.92. The van der Waals surface area contributed by atoms with Crippen molar-refractivity contribution < 1.29 is 9.84 Å². The lowest BCUT2D eigenvalue weighted by molar-refractivity contribution is 0.0300. The summed E-state index contributed by atoms with van der Waals surface area (Å²) in [4.78, 5) is 2.44. The highest BCUT2D eigenvalue weighted by atomic mass is 16.5. The Kier molecular flexibility index (Phi) is 7.04. The SMILES string of the molecule is CCC(O)(CC)CNCCCN1CCOCC1. The van der Waals surface area contributed by atoms with Gasteiger partial charge in [0.25, 0.3) is 0 Å². The zero-order chi connectivity index (χ0) is 12.6. The van der Waals surface area contributed by atoms with Crippen LogP contribution in [0.3, 0.4) is 0 Å². The molecule has 2 N–H and O–H groups in total. The van der Waals surface area contributed by atoms with Gasteiger partial charge in [0.15, 0.2) is 0 Å². The fourth-order valence-electron chi connectivity index (χ4n) is 2.07. The first-order chi connectivity index (χ1) is 8.20. The van der Waals surface area contributed by atoms with Crippen molar-refractivity contribution in [3.63, 3.8) is 0 Å². The summed E-state index contributed by atoms with van der Waals surface area (Å²) >= 11 is 0. The highest BCUT2D eigenvalue weighted by Crippen LogP contribution is 2.12. The summed E-state index contributed by atoms with van der Waals surface area (Å²) in [5, 5.41) is 13.4. The van der Waals surface area contributed by atoms with Gasteiger partial charge in [0.1, 0.15) is 0 Å². The highest BCUT2D eigenvalue weighted by molar-refractivity contribution is 4.77. The van der Waals surface area contributed by atoms with E-state index in [9.17, 15) is 5.11 Å². The van der Waals surface area contributed by atoms with Gasteiger partial charge in [-0.3, -0.25) is 4.90 Å². The molecule has 17 heavy (non-hydrogen) atoms. The smallest absolute Gasteiger partial charge is 0.0766 e. The third kappa shape index (κ3) is 5.82. The average molecular weight is 244 g/mol. The Morgan fingerprint density at radius 2 is 1.88 bits per heavy atom. The van der Waals surface area contributed by atoms with Crippen LogP contribution in [0.5, 0.6) is 0 Å². The minimum atomic E-state index is -0.515. The predicted molar refractivity (Wildman–Crippen MR) is 70.3 cm³/mol. The maximum Gasteiger partial charge on any atom is 0.0766 e. The Balaban J connectivity index is 2.00. The first-order valence-electron chi connectivity index (χ1n) is 6.93. The second kappa shape index (κ2) is 8.03. The van der Waals surface area contributed by atoms with E-state index in [0.29, 0.717) is 6.54 Å². The Morgan fingerprint density at radius 3 is 2.47 bits per heavy atom. The Labute approximate surface area is 105 Å². The number of hydrogen-bond acceptors (Lipinski definition) is 4. The molecule has 1 aliphatic rings. The Hall–Kier alpha value is -0.160. The average Bonchev–Trinajstić information content (AvgIpc) is 2.39. The molecule has 0 aliphatic carbocycles. The number of ether oxygens (including phenoxy) is 1. The summed E-state index contributed by atoms with van der Waals surface area (Å²) < 4.78 is 5.31. The molecule has 0 aromatic carbocycles. The summed E-state index contributed by atoms with van der Waals surface area (Å²) in [5.41, 5.74) is -0.515. The van der Waals surface area contributed by atoms with E-state index in [1.54, 1.807) is 0 Å². The first-order valence-corrected chi connectivity index (χ1v) is 6.93. The van der Waals surface area contributed by atoms with Crippen LogP contribution in [0.1, 0.15) is 33.1 Å². The molecule has 4 nitrogen and oxygen atoms in total. The molecule has 0 spiro atoms. The lowest BCUT2D eigenvalue weighted by Gasteiger charge is -2.27. The number of nitrogens with one attached hydrogen (secondary N) is 1. The second-order valence-corrected chi connectivity index (χ2v) is 4.92. The number of rotatable bonds is 8. The van der Waals surface area contributed by atoms with E-state index in [4.69, 9.17) is 4.74 Å². The van der Waals surface area contributed by atoms with Crippen molar-refractivity contribution in [2.24, 2.45) is 0 Å². The van der Waals surface area contributed by atoms with Crippen molar-refractivity contribution >= 4 is 0 Å². The van der Waals surface area contributed by atoms with Gasteiger partial charge in [0, 0.05) is 19.6 Å². The van der Waals surface area contributed by atoms with Gasteiger partial charge in [0.2, 0.25) is 0 Å². The van der Waals surface area contributed by atoms with Crippen LogP contribution >= 0.6 is 0 Å². The normalized spacial score (nSPS) is 18.5. The van der Waals surface area contributed by atoms with E-state index in [2.05, 4.69) is 10.2 Å². The quantitative estimate of drug-likeness (QED) is 0.621. The highest BCUT2D eigenvalue weighted by Gasteiger charge is 2.20. The van der Waals surface area contributed by atoms with Gasteiger partial charge >= 0.3 is 0 Å². The van der Waals surface area contributed by atoms with E-state index >= 15 is 0 Å². The molecule has 0 unspecified atom stereocenters. The monoisotopic (exact) mass is 244 g/mol. The van der Waals surface area contributed by atoms with Gasteiger partial charge in [-0.2, -0.15) is 0 Å². The summed E-state index contributed by atoms with van der Waals surface area (Å²) in [6, 6.07) is 0. The van der Waals surface area contributed by atoms with Crippen LogP contribution in [0.2, 0.25) is 0 Å². The third-order valence-electron chi connectivity index (χ3n) is 3.70. The van der Waals surface area contributed by atoms with Crippen LogP contribution in [-0.4, -0.2) is 61.5 Å². The fraction of sp³-hybridized carbons (Fsp3) is 1.00. The summed E-state index contributed by atoms with van der Waals surface area (Å²) in [6.07, 6.45) is 2.78. The van der Waals surface area contributed by atoms with E-state index in [1.165, 1.54) is 0 Å². The van der Waals surface area contributed by atoms with Gasteiger partial charge in [-0.25, -0.2) is 0 Å². The maximum atomic E-state index is 10.1. The van der Waals surface area contributed by atoms with Gasteiger partial charge in [0.05, 0.1) is 18.8 Å².